The van der Waals surface area contributed by atoms with Crippen molar-refractivity contribution in [3.63, 3.8) is 0 Å². The molecule has 4 N–H and O–H groups in total. The highest BCUT2D eigenvalue weighted by molar-refractivity contribution is 14.0. The van der Waals surface area contributed by atoms with Gasteiger partial charge in [-0.2, -0.15) is 11.8 Å². The van der Waals surface area contributed by atoms with Crippen LogP contribution in [-0.4, -0.2) is 36.5 Å². The molecular weight excluding hydrogens is 411 g/mol. The highest BCUT2D eigenvalue weighted by Crippen LogP contribution is 2.19. The lowest BCUT2D eigenvalue weighted by atomic mass is 10.1. The summed E-state index contributed by atoms with van der Waals surface area (Å²) < 4.78 is 0.142. The van der Waals surface area contributed by atoms with E-state index in [0.29, 0.717) is 12.1 Å². The van der Waals surface area contributed by atoms with Gasteiger partial charge in [-0.05, 0) is 37.8 Å². The van der Waals surface area contributed by atoms with Gasteiger partial charge in [0.1, 0.15) is 0 Å². The Hall–Kier alpha value is -0.960. The molecule has 0 spiro atoms. The van der Waals surface area contributed by atoms with Crippen LogP contribution in [0.5, 0.6) is 0 Å². The standard InChI is InChI=1S/C15H24N4OS.HI/c1-15(2,21-4)10-19-14(17-3)18-9-11-6-5-7-12(8-11)13(16)20;/h5-8H,9-10H2,1-4H3,(H2,16,20)(H2,17,18,19);1H. The number of halogens is 1. The SMILES string of the molecule is CN=C(NCc1cccc(C(N)=O)c1)NCC(C)(C)SC.I. The average molecular weight is 436 g/mol. The molecule has 1 aromatic rings. The van der Waals surface area contributed by atoms with E-state index in [1.165, 1.54) is 0 Å². The summed E-state index contributed by atoms with van der Waals surface area (Å²) in [5, 5.41) is 6.52. The number of hydrogen-bond acceptors (Lipinski definition) is 3. The number of hydrogen-bond donors (Lipinski definition) is 3. The van der Waals surface area contributed by atoms with E-state index in [1.54, 1.807) is 30.9 Å². The summed E-state index contributed by atoms with van der Waals surface area (Å²) in [6.07, 6.45) is 2.09. The van der Waals surface area contributed by atoms with Crippen molar-refractivity contribution in [1.82, 2.24) is 10.6 Å². The molecule has 0 atom stereocenters. The van der Waals surface area contributed by atoms with Crippen molar-refractivity contribution in [3.05, 3.63) is 35.4 Å². The van der Waals surface area contributed by atoms with Crippen molar-refractivity contribution in [2.24, 2.45) is 10.7 Å². The minimum atomic E-state index is -0.416. The van der Waals surface area contributed by atoms with E-state index < -0.39 is 5.91 Å². The second-order valence-corrected chi connectivity index (χ2v) is 6.82. The van der Waals surface area contributed by atoms with Gasteiger partial charge >= 0.3 is 0 Å². The lowest BCUT2D eigenvalue weighted by molar-refractivity contribution is 0.1000. The highest BCUT2D eigenvalue weighted by atomic mass is 127. The van der Waals surface area contributed by atoms with Crippen LogP contribution >= 0.6 is 35.7 Å². The predicted octanol–water partition coefficient (Wildman–Crippen LogP) is 2.21. The molecule has 0 unspecified atom stereocenters. The highest BCUT2D eigenvalue weighted by Gasteiger charge is 2.16. The van der Waals surface area contributed by atoms with Crippen LogP contribution in [-0.2, 0) is 6.54 Å². The van der Waals surface area contributed by atoms with E-state index in [0.717, 1.165) is 18.1 Å². The summed E-state index contributed by atoms with van der Waals surface area (Å²) in [6.45, 7) is 5.75. The Labute approximate surface area is 153 Å². The fraction of sp³-hybridized carbons (Fsp3) is 0.467. The molecule has 1 rings (SSSR count). The van der Waals surface area contributed by atoms with Gasteiger partial charge in [-0.15, -0.1) is 24.0 Å². The van der Waals surface area contributed by atoms with E-state index in [1.807, 2.05) is 12.1 Å². The summed E-state index contributed by atoms with van der Waals surface area (Å²) >= 11 is 1.80. The van der Waals surface area contributed by atoms with Crippen molar-refractivity contribution >= 4 is 47.6 Å². The molecule has 124 valence electrons. The molecule has 0 bridgehead atoms. The average Bonchev–Trinajstić information content (AvgIpc) is 2.47. The van der Waals surface area contributed by atoms with Gasteiger partial charge in [0.05, 0.1) is 0 Å². The molecular formula is C15H25IN4OS. The lowest BCUT2D eigenvalue weighted by Gasteiger charge is -2.23. The zero-order valence-electron chi connectivity index (χ0n) is 13.5. The molecule has 0 saturated carbocycles. The number of thioether (sulfide) groups is 1. The van der Waals surface area contributed by atoms with E-state index >= 15 is 0 Å². The van der Waals surface area contributed by atoms with Gasteiger partial charge < -0.3 is 16.4 Å². The normalized spacial score (nSPS) is 11.5. The van der Waals surface area contributed by atoms with Crippen molar-refractivity contribution in [3.8, 4) is 0 Å². The third-order valence-corrected chi connectivity index (χ3v) is 4.38. The van der Waals surface area contributed by atoms with Gasteiger partial charge in [-0.3, -0.25) is 9.79 Å². The van der Waals surface area contributed by atoms with E-state index in [4.69, 9.17) is 5.73 Å². The van der Waals surface area contributed by atoms with Gasteiger partial charge in [-0.1, -0.05) is 12.1 Å². The second-order valence-electron chi connectivity index (χ2n) is 5.31. The Kier molecular flexibility index (Phi) is 9.50. The first-order valence-corrected chi connectivity index (χ1v) is 7.99. The monoisotopic (exact) mass is 436 g/mol. The van der Waals surface area contributed by atoms with Crippen molar-refractivity contribution in [1.29, 1.82) is 0 Å². The first-order valence-electron chi connectivity index (χ1n) is 6.76. The maximum Gasteiger partial charge on any atom is 0.248 e. The Morgan fingerprint density at radius 3 is 2.59 bits per heavy atom. The van der Waals surface area contributed by atoms with Crippen LogP contribution in [0.1, 0.15) is 29.8 Å². The van der Waals surface area contributed by atoms with Gasteiger partial charge in [-0.25, -0.2) is 0 Å². The minimum Gasteiger partial charge on any atom is -0.366 e. The number of rotatable bonds is 6. The van der Waals surface area contributed by atoms with Gasteiger partial charge in [0.2, 0.25) is 5.91 Å². The molecule has 0 aliphatic rings. The third-order valence-electron chi connectivity index (χ3n) is 3.13. The van der Waals surface area contributed by atoms with E-state index in [9.17, 15) is 4.79 Å². The maximum absolute atomic E-state index is 11.2. The predicted molar refractivity (Wildman–Crippen MR) is 106 cm³/mol. The minimum absolute atomic E-state index is 0. The quantitative estimate of drug-likeness (QED) is 0.363. The molecule has 0 saturated heterocycles. The molecule has 0 heterocycles. The zero-order valence-corrected chi connectivity index (χ0v) is 16.6. The number of nitrogens with one attached hydrogen (secondary N) is 2. The number of benzene rings is 1. The zero-order chi connectivity index (χ0) is 15.9. The van der Waals surface area contributed by atoms with Crippen LogP contribution in [0.15, 0.2) is 29.3 Å². The Bertz CT molecular complexity index is 520. The number of primary amides is 1. The van der Waals surface area contributed by atoms with Crippen molar-refractivity contribution in [2.75, 3.05) is 19.8 Å². The smallest absolute Gasteiger partial charge is 0.248 e. The molecule has 5 nitrogen and oxygen atoms in total. The largest absolute Gasteiger partial charge is 0.366 e. The second kappa shape index (κ2) is 9.94. The van der Waals surface area contributed by atoms with E-state index in [2.05, 4.69) is 35.7 Å². The van der Waals surface area contributed by atoms with Gasteiger partial charge in [0, 0.05) is 30.4 Å². The van der Waals surface area contributed by atoms with Crippen LogP contribution in [0, 0.1) is 0 Å². The first-order chi connectivity index (χ1) is 9.88. The summed E-state index contributed by atoms with van der Waals surface area (Å²) in [6, 6.07) is 7.26. The molecule has 1 aromatic carbocycles. The molecule has 22 heavy (non-hydrogen) atoms. The van der Waals surface area contributed by atoms with Crippen LogP contribution in [0.3, 0.4) is 0 Å². The topological polar surface area (TPSA) is 79.5 Å². The molecule has 0 aromatic heterocycles. The van der Waals surface area contributed by atoms with Gasteiger partial charge in [0.25, 0.3) is 0 Å². The van der Waals surface area contributed by atoms with Crippen molar-refractivity contribution in [2.45, 2.75) is 25.1 Å². The molecule has 0 aliphatic heterocycles. The number of aliphatic imine (C=N–C) groups is 1. The Morgan fingerprint density at radius 1 is 1.36 bits per heavy atom. The number of amides is 1. The number of carbonyl (C=O) groups excluding carboxylic acids is 1. The van der Waals surface area contributed by atoms with E-state index in [-0.39, 0.29) is 28.7 Å². The number of carbonyl (C=O) groups is 1. The van der Waals surface area contributed by atoms with Crippen LogP contribution in [0.25, 0.3) is 0 Å². The third kappa shape index (κ3) is 7.35. The lowest BCUT2D eigenvalue weighted by Crippen LogP contribution is -2.43. The number of nitrogens with two attached hydrogens (primary N) is 1. The Morgan fingerprint density at radius 2 is 2.05 bits per heavy atom. The molecule has 7 heteroatoms. The first kappa shape index (κ1) is 21.0. The van der Waals surface area contributed by atoms with Crippen LogP contribution in [0.4, 0.5) is 0 Å². The van der Waals surface area contributed by atoms with Crippen molar-refractivity contribution < 1.29 is 4.79 Å². The summed E-state index contributed by atoms with van der Waals surface area (Å²) in [4.78, 5) is 15.3. The molecule has 0 radical (unpaired) electrons. The molecule has 0 aliphatic carbocycles. The number of nitrogens with zero attached hydrogens (tertiary/aromatic N) is 1. The molecule has 0 fully saturated rings. The summed E-state index contributed by atoms with van der Waals surface area (Å²) in [5.41, 5.74) is 6.78. The van der Waals surface area contributed by atoms with Crippen LogP contribution in [0.2, 0.25) is 0 Å². The molecule has 1 amide bonds. The fourth-order valence-corrected chi connectivity index (χ4v) is 1.83. The maximum atomic E-state index is 11.2. The summed E-state index contributed by atoms with van der Waals surface area (Å²) in [7, 11) is 1.74. The Balaban J connectivity index is 0.00000441. The number of guanidine groups is 1. The summed E-state index contributed by atoms with van der Waals surface area (Å²) in [5.74, 6) is 0.322. The van der Waals surface area contributed by atoms with Gasteiger partial charge in [0.15, 0.2) is 5.96 Å². The van der Waals surface area contributed by atoms with Crippen LogP contribution < -0.4 is 16.4 Å². The fourth-order valence-electron chi connectivity index (χ4n) is 1.61.